The fourth-order valence-corrected chi connectivity index (χ4v) is 3.24. The molecule has 3 aromatic carbocycles. The number of benzene rings is 3. The third-order valence-electron chi connectivity index (χ3n) is 5.01. The standard InChI is InChI=1S/C26H25ClN4O4/c1-16-7-10-20(13-22(16)27)29-25(33)26(34)31-28-14-19-8-11-21(12-9-19)35-15-23(32)30-24-17(2)5-4-6-18(24)3/h4-14H,15H2,1-3H3,(H,29,33)(H,30,32)(H,31,34)/b28-14-. The number of hydrogen-bond donors (Lipinski definition) is 3. The normalized spacial score (nSPS) is 10.6. The number of amides is 3. The molecule has 0 radical (unpaired) electrons. The Morgan fingerprint density at radius 1 is 0.886 bits per heavy atom. The first kappa shape index (κ1) is 25.5. The molecule has 0 saturated carbocycles. The Hall–Kier alpha value is -4.17. The number of ether oxygens (including phenoxy) is 1. The van der Waals surface area contributed by atoms with Gasteiger partial charge in [-0.3, -0.25) is 14.4 Å². The van der Waals surface area contributed by atoms with E-state index in [2.05, 4.69) is 21.2 Å². The third kappa shape index (κ3) is 7.41. The van der Waals surface area contributed by atoms with Gasteiger partial charge >= 0.3 is 11.8 Å². The van der Waals surface area contributed by atoms with Crippen LogP contribution < -0.4 is 20.8 Å². The monoisotopic (exact) mass is 492 g/mol. The van der Waals surface area contributed by atoms with E-state index >= 15 is 0 Å². The van der Waals surface area contributed by atoms with Crippen LogP contribution >= 0.6 is 11.6 Å². The zero-order chi connectivity index (χ0) is 25.4. The number of hydrazone groups is 1. The van der Waals surface area contributed by atoms with Crippen molar-refractivity contribution < 1.29 is 19.1 Å². The first-order valence-electron chi connectivity index (χ1n) is 10.7. The van der Waals surface area contributed by atoms with Crippen LogP contribution in [0.15, 0.2) is 65.8 Å². The summed E-state index contributed by atoms with van der Waals surface area (Å²) >= 11 is 6.01. The zero-order valence-electron chi connectivity index (χ0n) is 19.5. The van der Waals surface area contributed by atoms with E-state index in [0.717, 1.165) is 22.4 Å². The highest BCUT2D eigenvalue weighted by molar-refractivity contribution is 6.39. The Morgan fingerprint density at radius 3 is 2.23 bits per heavy atom. The van der Waals surface area contributed by atoms with Gasteiger partial charge in [0.1, 0.15) is 5.75 Å². The number of carbonyl (C=O) groups is 3. The van der Waals surface area contributed by atoms with Gasteiger partial charge in [-0.2, -0.15) is 5.10 Å². The maximum Gasteiger partial charge on any atom is 0.329 e. The molecular formula is C26H25ClN4O4. The number of carbonyl (C=O) groups excluding carboxylic acids is 3. The minimum atomic E-state index is -0.923. The molecule has 0 saturated heterocycles. The number of halogens is 1. The van der Waals surface area contributed by atoms with E-state index in [1.165, 1.54) is 6.21 Å². The third-order valence-corrected chi connectivity index (χ3v) is 5.42. The summed E-state index contributed by atoms with van der Waals surface area (Å²) in [4.78, 5) is 36.2. The maximum atomic E-state index is 12.2. The summed E-state index contributed by atoms with van der Waals surface area (Å²) in [7, 11) is 0. The molecule has 0 heterocycles. The number of hydrogen-bond acceptors (Lipinski definition) is 5. The average Bonchev–Trinajstić information content (AvgIpc) is 2.83. The van der Waals surface area contributed by atoms with Crippen molar-refractivity contribution >= 4 is 46.9 Å². The second-order valence-corrected chi connectivity index (χ2v) is 8.20. The van der Waals surface area contributed by atoms with Crippen LogP contribution in [0, 0.1) is 20.8 Å². The number of rotatable bonds is 7. The summed E-state index contributed by atoms with van der Waals surface area (Å²) in [5, 5.41) is 9.58. The van der Waals surface area contributed by atoms with Gasteiger partial charge in [0.05, 0.1) is 6.21 Å². The van der Waals surface area contributed by atoms with E-state index in [1.54, 1.807) is 42.5 Å². The average molecular weight is 493 g/mol. The van der Waals surface area contributed by atoms with Crippen molar-refractivity contribution in [3.05, 3.63) is 87.9 Å². The van der Waals surface area contributed by atoms with Crippen molar-refractivity contribution in [3.8, 4) is 5.75 Å². The number of nitrogens with one attached hydrogen (secondary N) is 3. The molecule has 0 aliphatic carbocycles. The largest absolute Gasteiger partial charge is 0.484 e. The number of aryl methyl sites for hydroxylation is 3. The molecule has 0 aromatic heterocycles. The molecule has 0 spiro atoms. The Kier molecular flexibility index (Phi) is 8.58. The summed E-state index contributed by atoms with van der Waals surface area (Å²) in [6.07, 6.45) is 1.38. The molecule has 9 heteroatoms. The van der Waals surface area contributed by atoms with E-state index in [-0.39, 0.29) is 12.5 Å². The molecule has 3 N–H and O–H groups in total. The van der Waals surface area contributed by atoms with Gasteiger partial charge in [0.15, 0.2) is 6.61 Å². The predicted molar refractivity (Wildman–Crippen MR) is 137 cm³/mol. The molecule has 0 bridgehead atoms. The van der Waals surface area contributed by atoms with Gasteiger partial charge < -0.3 is 15.4 Å². The van der Waals surface area contributed by atoms with Gasteiger partial charge in [-0.05, 0) is 79.4 Å². The highest BCUT2D eigenvalue weighted by Gasteiger charge is 2.13. The van der Waals surface area contributed by atoms with Gasteiger partial charge in [-0.1, -0.05) is 35.9 Å². The topological polar surface area (TPSA) is 109 Å². The second kappa shape index (κ2) is 11.8. The van der Waals surface area contributed by atoms with Crippen LogP contribution in [0.25, 0.3) is 0 Å². The lowest BCUT2D eigenvalue weighted by molar-refractivity contribution is -0.136. The lowest BCUT2D eigenvalue weighted by Gasteiger charge is -2.12. The van der Waals surface area contributed by atoms with Crippen molar-refractivity contribution in [2.45, 2.75) is 20.8 Å². The fourth-order valence-electron chi connectivity index (χ4n) is 3.06. The van der Waals surface area contributed by atoms with Crippen LogP contribution in [0.2, 0.25) is 5.02 Å². The van der Waals surface area contributed by atoms with Gasteiger partial charge in [-0.15, -0.1) is 0 Å². The van der Waals surface area contributed by atoms with Gasteiger partial charge in [0.2, 0.25) is 0 Å². The van der Waals surface area contributed by atoms with Gasteiger partial charge in [0.25, 0.3) is 5.91 Å². The molecule has 0 fully saturated rings. The number of anilines is 2. The van der Waals surface area contributed by atoms with Crippen LogP contribution in [-0.4, -0.2) is 30.5 Å². The predicted octanol–water partition coefficient (Wildman–Crippen LogP) is 4.37. The Morgan fingerprint density at radius 2 is 1.57 bits per heavy atom. The summed E-state index contributed by atoms with van der Waals surface area (Å²) in [5.74, 6) is -1.56. The highest BCUT2D eigenvalue weighted by atomic mass is 35.5. The molecule has 8 nitrogen and oxygen atoms in total. The van der Waals surface area contributed by atoms with Crippen molar-refractivity contribution in [1.29, 1.82) is 0 Å². The molecule has 0 aliphatic rings. The molecule has 35 heavy (non-hydrogen) atoms. The van der Waals surface area contributed by atoms with Crippen molar-refractivity contribution in [2.75, 3.05) is 17.2 Å². The molecule has 3 aromatic rings. The van der Waals surface area contributed by atoms with E-state index < -0.39 is 11.8 Å². The van der Waals surface area contributed by atoms with E-state index in [1.807, 2.05) is 39.0 Å². The zero-order valence-corrected chi connectivity index (χ0v) is 20.3. The molecule has 3 amide bonds. The lowest BCUT2D eigenvalue weighted by atomic mass is 10.1. The summed E-state index contributed by atoms with van der Waals surface area (Å²) < 4.78 is 5.53. The van der Waals surface area contributed by atoms with E-state index in [4.69, 9.17) is 16.3 Å². The van der Waals surface area contributed by atoms with Crippen molar-refractivity contribution in [3.63, 3.8) is 0 Å². The molecule has 0 unspecified atom stereocenters. The first-order valence-corrected chi connectivity index (χ1v) is 11.1. The summed E-state index contributed by atoms with van der Waals surface area (Å²) in [6, 6.07) is 17.5. The first-order chi connectivity index (χ1) is 16.7. The second-order valence-electron chi connectivity index (χ2n) is 7.79. The van der Waals surface area contributed by atoms with Crippen LogP contribution in [0.5, 0.6) is 5.75 Å². The fraction of sp³-hybridized carbons (Fsp3) is 0.154. The molecular weight excluding hydrogens is 468 g/mol. The van der Waals surface area contributed by atoms with Crippen molar-refractivity contribution in [2.24, 2.45) is 5.10 Å². The van der Waals surface area contributed by atoms with Crippen LogP contribution in [0.3, 0.4) is 0 Å². The highest BCUT2D eigenvalue weighted by Crippen LogP contribution is 2.20. The van der Waals surface area contributed by atoms with Crippen LogP contribution in [0.1, 0.15) is 22.3 Å². The van der Waals surface area contributed by atoms with Crippen LogP contribution in [0.4, 0.5) is 11.4 Å². The molecule has 0 atom stereocenters. The van der Waals surface area contributed by atoms with Crippen LogP contribution in [-0.2, 0) is 14.4 Å². The SMILES string of the molecule is Cc1ccc(NC(=O)C(=O)N/N=C\c2ccc(OCC(=O)Nc3c(C)cccc3C)cc2)cc1Cl. The Balaban J connectivity index is 1.45. The lowest BCUT2D eigenvalue weighted by Crippen LogP contribution is -2.32. The summed E-state index contributed by atoms with van der Waals surface area (Å²) in [6.45, 7) is 5.55. The van der Waals surface area contributed by atoms with Gasteiger partial charge in [0, 0.05) is 16.4 Å². The minimum absolute atomic E-state index is 0.140. The van der Waals surface area contributed by atoms with Crippen molar-refractivity contribution in [1.82, 2.24) is 5.43 Å². The molecule has 0 aliphatic heterocycles. The maximum absolute atomic E-state index is 12.2. The van der Waals surface area contributed by atoms with Gasteiger partial charge in [-0.25, -0.2) is 5.43 Å². The minimum Gasteiger partial charge on any atom is -0.484 e. The van der Waals surface area contributed by atoms with E-state index in [0.29, 0.717) is 22.0 Å². The molecule has 180 valence electrons. The number of nitrogens with zero attached hydrogens (tertiary/aromatic N) is 1. The Labute approximate surface area is 208 Å². The summed E-state index contributed by atoms with van der Waals surface area (Å²) in [5.41, 5.74) is 6.82. The van der Waals surface area contributed by atoms with E-state index in [9.17, 15) is 14.4 Å². The molecule has 3 rings (SSSR count). The smallest absolute Gasteiger partial charge is 0.329 e. The Bertz CT molecular complexity index is 1250. The quantitative estimate of drug-likeness (QED) is 0.258. The number of para-hydroxylation sites is 1.